The van der Waals surface area contributed by atoms with Gasteiger partial charge in [0.2, 0.25) is 0 Å². The van der Waals surface area contributed by atoms with Crippen molar-refractivity contribution in [3.05, 3.63) is 0 Å². The summed E-state index contributed by atoms with van der Waals surface area (Å²) in [6, 6.07) is 0. The molecule has 0 aromatic rings. The summed E-state index contributed by atoms with van der Waals surface area (Å²) in [4.78, 5) is 0. The summed E-state index contributed by atoms with van der Waals surface area (Å²) in [6.45, 7) is 5.01. The molecule has 4 heteroatoms. The van der Waals surface area contributed by atoms with E-state index in [1.165, 1.54) is 57.8 Å². The maximum Gasteiger partial charge on any atom is 0.144 e. The van der Waals surface area contributed by atoms with Crippen molar-refractivity contribution in [2.75, 3.05) is 12.4 Å². The van der Waals surface area contributed by atoms with Crippen LogP contribution in [0.25, 0.3) is 0 Å². The molecule has 1 unspecified atom stereocenters. The lowest BCUT2D eigenvalue weighted by Crippen LogP contribution is -2.10. The number of hydrogen-bond acceptors (Lipinski definition) is 3. The van der Waals surface area contributed by atoms with Gasteiger partial charge in [0.25, 0.3) is 0 Å². The largest absolute Gasteiger partial charge is 0.290 e. The Morgan fingerprint density at radius 3 is 1.75 bits per heavy atom. The van der Waals surface area contributed by atoms with Gasteiger partial charge in [0.1, 0.15) is 8.77 Å². The molecule has 0 saturated carbocycles. The molecule has 0 aromatic carbocycles. The SMILES string of the molecule is CCCCCCCCOS(=O)(=S)CCCCCCCC. The van der Waals surface area contributed by atoms with Crippen LogP contribution in [-0.4, -0.2) is 16.6 Å². The van der Waals surface area contributed by atoms with Crippen LogP contribution < -0.4 is 0 Å². The lowest BCUT2D eigenvalue weighted by molar-refractivity contribution is 0.330. The van der Waals surface area contributed by atoms with Crippen molar-refractivity contribution in [2.24, 2.45) is 0 Å². The Kier molecular flexibility index (Phi) is 14.5. The zero-order valence-electron chi connectivity index (χ0n) is 13.5. The molecule has 2 nitrogen and oxygen atoms in total. The van der Waals surface area contributed by atoms with E-state index in [1.54, 1.807) is 0 Å². The molecule has 0 saturated heterocycles. The molecule has 0 fully saturated rings. The maximum atomic E-state index is 12.0. The minimum absolute atomic E-state index is 0.560. The van der Waals surface area contributed by atoms with Crippen molar-refractivity contribution in [1.82, 2.24) is 0 Å². The molecule has 0 rings (SSSR count). The molecular weight excluding hydrogens is 288 g/mol. The molecule has 0 aromatic heterocycles. The molecule has 0 aliphatic heterocycles. The van der Waals surface area contributed by atoms with Crippen molar-refractivity contribution in [3.63, 3.8) is 0 Å². The first kappa shape index (κ1) is 20.3. The van der Waals surface area contributed by atoms with Crippen LogP contribution in [0, 0.1) is 0 Å². The fraction of sp³-hybridized carbons (Fsp3) is 1.00. The summed E-state index contributed by atoms with van der Waals surface area (Å²) >= 11 is 5.07. The third-order valence-electron chi connectivity index (χ3n) is 3.51. The molecule has 0 radical (unpaired) electrons. The summed E-state index contributed by atoms with van der Waals surface area (Å²) in [5.74, 6) is 0.560. The predicted octanol–water partition coefficient (Wildman–Crippen LogP) is 5.39. The second kappa shape index (κ2) is 14.3. The van der Waals surface area contributed by atoms with E-state index in [0.29, 0.717) is 12.4 Å². The van der Waals surface area contributed by atoms with Crippen molar-refractivity contribution in [3.8, 4) is 0 Å². The normalized spacial score (nSPS) is 14.3. The van der Waals surface area contributed by atoms with Gasteiger partial charge in [-0.05, 0) is 12.8 Å². The molecule has 1 atom stereocenters. The summed E-state index contributed by atoms with van der Waals surface area (Å²) in [5.41, 5.74) is 0. The van der Waals surface area contributed by atoms with E-state index in [0.717, 1.165) is 19.3 Å². The molecule has 0 aliphatic carbocycles. The molecule has 0 aliphatic rings. The van der Waals surface area contributed by atoms with Gasteiger partial charge in [-0.15, -0.1) is 0 Å². The lowest BCUT2D eigenvalue weighted by atomic mass is 10.1. The predicted molar refractivity (Wildman–Crippen MR) is 93.1 cm³/mol. The van der Waals surface area contributed by atoms with Gasteiger partial charge in [-0.1, -0.05) is 78.1 Å². The maximum absolute atomic E-state index is 12.0. The lowest BCUT2D eigenvalue weighted by Gasteiger charge is -2.08. The molecule has 0 spiro atoms. The second-order valence-electron chi connectivity index (χ2n) is 5.62. The van der Waals surface area contributed by atoms with Crippen LogP contribution in [0.1, 0.15) is 90.9 Å². The van der Waals surface area contributed by atoms with E-state index in [-0.39, 0.29) is 0 Å². The number of rotatable bonds is 15. The summed E-state index contributed by atoms with van der Waals surface area (Å²) < 4.78 is 17.4. The van der Waals surface area contributed by atoms with Crippen LogP contribution in [0.2, 0.25) is 0 Å². The minimum atomic E-state index is -2.44. The average molecular weight is 323 g/mol. The fourth-order valence-corrected chi connectivity index (χ4v) is 3.79. The van der Waals surface area contributed by atoms with E-state index >= 15 is 0 Å². The Bertz CT molecular complexity index is 287. The Balaban J connectivity index is 3.41. The zero-order chi connectivity index (χ0) is 15.1. The van der Waals surface area contributed by atoms with Gasteiger partial charge in [-0.2, -0.15) is 0 Å². The van der Waals surface area contributed by atoms with Gasteiger partial charge in [0.05, 0.1) is 12.4 Å². The van der Waals surface area contributed by atoms with Crippen LogP contribution in [0.4, 0.5) is 0 Å². The van der Waals surface area contributed by atoms with Gasteiger partial charge in [0.15, 0.2) is 0 Å². The standard InChI is InChI=1S/C16H34O2S2/c1-3-5-7-9-11-13-15-18-20(17,19)16-14-12-10-8-6-4-2/h3-16H2,1-2H3. The van der Waals surface area contributed by atoms with Crippen molar-refractivity contribution in [1.29, 1.82) is 0 Å². The van der Waals surface area contributed by atoms with Crippen LogP contribution in [0.5, 0.6) is 0 Å². The third kappa shape index (κ3) is 14.7. The molecule has 20 heavy (non-hydrogen) atoms. The quantitative estimate of drug-likeness (QED) is 0.378. The van der Waals surface area contributed by atoms with Crippen molar-refractivity contribution in [2.45, 2.75) is 90.9 Å². The number of hydrogen-bond donors (Lipinski definition) is 0. The van der Waals surface area contributed by atoms with Crippen molar-refractivity contribution >= 4 is 20.0 Å². The second-order valence-corrected chi connectivity index (χ2v) is 8.90. The number of unbranched alkanes of at least 4 members (excludes halogenated alkanes) is 10. The minimum Gasteiger partial charge on any atom is -0.290 e. The first-order valence-electron chi connectivity index (χ1n) is 8.49. The topological polar surface area (TPSA) is 26.3 Å². The highest BCUT2D eigenvalue weighted by atomic mass is 32.8. The van der Waals surface area contributed by atoms with Crippen LogP contribution in [0.15, 0.2) is 0 Å². The van der Waals surface area contributed by atoms with Crippen LogP contribution in [0.3, 0.4) is 0 Å². The van der Waals surface area contributed by atoms with Crippen LogP contribution in [-0.2, 0) is 24.1 Å². The highest BCUT2D eigenvalue weighted by molar-refractivity contribution is 8.30. The van der Waals surface area contributed by atoms with Gasteiger partial charge < -0.3 is 0 Å². The molecule has 0 bridgehead atoms. The monoisotopic (exact) mass is 322 g/mol. The van der Waals surface area contributed by atoms with E-state index < -0.39 is 8.77 Å². The van der Waals surface area contributed by atoms with E-state index in [1.807, 2.05) is 0 Å². The van der Waals surface area contributed by atoms with E-state index in [2.05, 4.69) is 13.8 Å². The Morgan fingerprint density at radius 2 is 1.20 bits per heavy atom. The molecule has 0 heterocycles. The first-order chi connectivity index (χ1) is 9.62. The molecule has 122 valence electrons. The van der Waals surface area contributed by atoms with Gasteiger partial charge in [0, 0.05) is 11.2 Å². The summed E-state index contributed by atoms with van der Waals surface area (Å²) in [6.07, 6.45) is 14.5. The van der Waals surface area contributed by atoms with Gasteiger partial charge in [-0.3, -0.25) is 4.18 Å². The summed E-state index contributed by atoms with van der Waals surface area (Å²) in [7, 11) is -2.44. The fourth-order valence-electron chi connectivity index (χ4n) is 2.19. The third-order valence-corrected chi connectivity index (χ3v) is 5.61. The molecule has 0 amide bonds. The average Bonchev–Trinajstić information content (AvgIpc) is 2.41. The van der Waals surface area contributed by atoms with Gasteiger partial charge >= 0.3 is 0 Å². The van der Waals surface area contributed by atoms with Gasteiger partial charge in [-0.25, -0.2) is 4.21 Å². The zero-order valence-corrected chi connectivity index (χ0v) is 15.2. The summed E-state index contributed by atoms with van der Waals surface area (Å²) in [5, 5.41) is 0. The van der Waals surface area contributed by atoms with Crippen LogP contribution >= 0.6 is 0 Å². The van der Waals surface area contributed by atoms with E-state index in [9.17, 15) is 4.21 Å². The highest BCUT2D eigenvalue weighted by Crippen LogP contribution is 2.09. The van der Waals surface area contributed by atoms with E-state index in [4.69, 9.17) is 15.4 Å². The first-order valence-corrected chi connectivity index (χ1v) is 11.1. The Labute approximate surface area is 131 Å². The highest BCUT2D eigenvalue weighted by Gasteiger charge is 2.06. The van der Waals surface area contributed by atoms with Crippen molar-refractivity contribution < 1.29 is 8.39 Å². The Morgan fingerprint density at radius 1 is 0.750 bits per heavy atom. The molecule has 0 N–H and O–H groups in total. The Hall–Kier alpha value is 0.330. The smallest absolute Gasteiger partial charge is 0.144 e. The molecular formula is C16H34O2S2.